The molecule has 0 radical (unpaired) electrons. The summed E-state index contributed by atoms with van der Waals surface area (Å²) < 4.78 is 26.2. The maximum atomic E-state index is 14.8. The third-order valence-corrected chi connectivity index (χ3v) is 6.82. The number of nitrogens with zero attached hydrogens (tertiary/aromatic N) is 2. The second-order valence-corrected chi connectivity index (χ2v) is 9.54. The maximum absolute atomic E-state index is 14.8. The van der Waals surface area contributed by atoms with Crippen LogP contribution in [0, 0.1) is 11.7 Å². The van der Waals surface area contributed by atoms with Gasteiger partial charge in [0.25, 0.3) is 11.8 Å². The molecule has 1 heterocycles. The number of carbonyl (C=O) groups is 2. The molecule has 1 aromatic heterocycles. The van der Waals surface area contributed by atoms with Crippen molar-refractivity contribution in [2.24, 2.45) is 5.92 Å². The number of hydrogen-bond acceptors (Lipinski definition) is 8. The predicted octanol–water partition coefficient (Wildman–Crippen LogP) is 3.61. The molecule has 9 nitrogen and oxygen atoms in total. The highest BCUT2D eigenvalue weighted by Gasteiger charge is 2.35. The molecule has 0 bridgehead atoms. The number of aliphatic hydroxyl groups is 2. The van der Waals surface area contributed by atoms with Crippen molar-refractivity contribution in [3.05, 3.63) is 65.3 Å². The number of aliphatic hydroxyl groups excluding tert-OH is 2. The molecule has 2 saturated carbocycles. The molecule has 3 N–H and O–H groups in total. The van der Waals surface area contributed by atoms with E-state index in [1.54, 1.807) is 24.3 Å². The second-order valence-electron chi connectivity index (χ2n) is 9.54. The average molecular weight is 510 g/mol. The van der Waals surface area contributed by atoms with E-state index in [2.05, 4.69) is 15.5 Å². The van der Waals surface area contributed by atoms with Crippen LogP contribution in [0.2, 0.25) is 0 Å². The van der Waals surface area contributed by atoms with Crippen LogP contribution in [0.25, 0.3) is 11.4 Å². The molecule has 0 unspecified atom stereocenters. The van der Waals surface area contributed by atoms with E-state index in [1.807, 2.05) is 6.92 Å². The zero-order valence-electron chi connectivity index (χ0n) is 20.3. The van der Waals surface area contributed by atoms with E-state index in [0.717, 1.165) is 18.9 Å². The summed E-state index contributed by atoms with van der Waals surface area (Å²) in [5.74, 6) is -0.242. The maximum Gasteiger partial charge on any atom is 0.268 e. The van der Waals surface area contributed by atoms with Gasteiger partial charge in [-0.15, -0.1) is 0 Å². The van der Waals surface area contributed by atoms with E-state index in [9.17, 15) is 24.2 Å². The molecule has 37 heavy (non-hydrogen) atoms. The standard InChI is InChI=1S/C27H28FN3O6/c1-2-22(36-17-8-5-15(6-9-17)23(33)14-3-4-14)27-30-25(31-37-27)16-7-10-18(19(28)13-16)26(35)29-20-11-12-21(32)24(20)34/h5-10,13-14,20-22,24,32,34H,2-4,11-12H2,1H3,(H,29,35)/t20-,21+,22+,24-/m0/s1. The lowest BCUT2D eigenvalue weighted by atomic mass is 10.1. The topological polar surface area (TPSA) is 135 Å². The Morgan fingerprint density at radius 1 is 1.14 bits per heavy atom. The Kier molecular flexibility index (Phi) is 7.03. The van der Waals surface area contributed by atoms with Gasteiger partial charge in [-0.3, -0.25) is 9.59 Å². The Morgan fingerprint density at radius 3 is 2.51 bits per heavy atom. The Hall–Kier alpha value is -3.63. The van der Waals surface area contributed by atoms with E-state index >= 15 is 0 Å². The van der Waals surface area contributed by atoms with Crippen molar-refractivity contribution in [3.8, 4) is 17.1 Å². The van der Waals surface area contributed by atoms with Gasteiger partial charge < -0.3 is 24.8 Å². The minimum Gasteiger partial charge on any atom is -0.481 e. The molecule has 0 saturated heterocycles. The summed E-state index contributed by atoms with van der Waals surface area (Å²) in [7, 11) is 0. The fraction of sp³-hybridized carbons (Fsp3) is 0.407. The largest absolute Gasteiger partial charge is 0.481 e. The molecule has 2 aliphatic carbocycles. The van der Waals surface area contributed by atoms with Gasteiger partial charge in [0.1, 0.15) is 17.7 Å². The Bertz CT molecular complexity index is 1290. The molecule has 0 spiro atoms. The summed E-state index contributed by atoms with van der Waals surface area (Å²) in [6.07, 6.45) is 0.657. The Labute approximate surface area is 212 Å². The molecule has 0 aliphatic heterocycles. The number of amides is 1. The quantitative estimate of drug-likeness (QED) is 0.373. The molecule has 194 valence electrons. The molecule has 10 heteroatoms. The number of ether oxygens (including phenoxy) is 1. The zero-order valence-corrected chi connectivity index (χ0v) is 20.3. The monoisotopic (exact) mass is 509 g/mol. The van der Waals surface area contributed by atoms with Crippen LogP contribution in [0.15, 0.2) is 47.0 Å². The molecule has 2 aromatic carbocycles. The molecule has 5 rings (SSSR count). The number of carbonyl (C=O) groups excluding carboxylic acids is 2. The minimum atomic E-state index is -1.08. The van der Waals surface area contributed by atoms with E-state index < -0.39 is 36.1 Å². The van der Waals surface area contributed by atoms with Crippen LogP contribution in [0.4, 0.5) is 4.39 Å². The van der Waals surface area contributed by atoms with Crippen molar-refractivity contribution in [2.45, 2.75) is 63.4 Å². The van der Waals surface area contributed by atoms with Gasteiger partial charge >= 0.3 is 0 Å². The fourth-order valence-electron chi connectivity index (χ4n) is 4.44. The van der Waals surface area contributed by atoms with Gasteiger partial charge in [0.2, 0.25) is 5.82 Å². The summed E-state index contributed by atoms with van der Waals surface area (Å²) in [6.45, 7) is 1.90. The first kappa shape index (κ1) is 25.0. The first-order chi connectivity index (χ1) is 17.8. The zero-order chi connectivity index (χ0) is 26.1. The van der Waals surface area contributed by atoms with Crippen molar-refractivity contribution in [1.29, 1.82) is 0 Å². The highest BCUT2D eigenvalue weighted by atomic mass is 19.1. The van der Waals surface area contributed by atoms with Gasteiger partial charge in [0.05, 0.1) is 17.7 Å². The van der Waals surface area contributed by atoms with Crippen LogP contribution >= 0.6 is 0 Å². The number of aromatic nitrogens is 2. The third-order valence-electron chi connectivity index (χ3n) is 6.82. The molecule has 4 atom stereocenters. The van der Waals surface area contributed by atoms with Gasteiger partial charge in [-0.2, -0.15) is 4.98 Å². The molecular weight excluding hydrogens is 481 g/mol. The number of halogens is 1. The number of rotatable bonds is 9. The summed E-state index contributed by atoms with van der Waals surface area (Å²) in [4.78, 5) is 29.0. The van der Waals surface area contributed by atoms with Crippen molar-refractivity contribution >= 4 is 11.7 Å². The smallest absolute Gasteiger partial charge is 0.268 e. The predicted molar refractivity (Wildman–Crippen MR) is 129 cm³/mol. The van der Waals surface area contributed by atoms with Crippen LogP contribution in [0.1, 0.15) is 71.7 Å². The third kappa shape index (κ3) is 5.40. The lowest BCUT2D eigenvalue weighted by Crippen LogP contribution is -2.43. The lowest BCUT2D eigenvalue weighted by Gasteiger charge is -2.18. The van der Waals surface area contributed by atoms with Crippen LogP contribution in [-0.4, -0.2) is 50.3 Å². The molecule has 1 amide bonds. The van der Waals surface area contributed by atoms with E-state index in [0.29, 0.717) is 36.1 Å². The number of Topliss-reactive ketones (excluding diaryl/α,β-unsaturated/α-hetero) is 1. The fourth-order valence-corrected chi connectivity index (χ4v) is 4.44. The summed E-state index contributed by atoms with van der Waals surface area (Å²) in [5, 5.41) is 26.1. The van der Waals surface area contributed by atoms with Crippen molar-refractivity contribution < 1.29 is 33.5 Å². The van der Waals surface area contributed by atoms with Crippen LogP contribution < -0.4 is 10.1 Å². The summed E-state index contributed by atoms with van der Waals surface area (Å²) in [5.41, 5.74) is 0.789. The number of hydrogen-bond donors (Lipinski definition) is 3. The average Bonchev–Trinajstić information content (AvgIpc) is 3.56. The van der Waals surface area contributed by atoms with E-state index in [1.165, 1.54) is 12.1 Å². The number of benzene rings is 2. The Morgan fingerprint density at radius 2 is 1.89 bits per heavy atom. The minimum absolute atomic E-state index is 0.141. The van der Waals surface area contributed by atoms with E-state index in [4.69, 9.17) is 9.26 Å². The van der Waals surface area contributed by atoms with Gasteiger partial charge in [0.15, 0.2) is 11.9 Å². The lowest BCUT2D eigenvalue weighted by molar-refractivity contribution is 0.0296. The normalized spacial score (nSPS) is 22.0. The summed E-state index contributed by atoms with van der Waals surface area (Å²) >= 11 is 0. The number of nitrogens with one attached hydrogen (secondary N) is 1. The molecule has 3 aromatic rings. The van der Waals surface area contributed by atoms with Crippen molar-refractivity contribution in [2.75, 3.05) is 0 Å². The van der Waals surface area contributed by atoms with Gasteiger partial charge in [0, 0.05) is 17.0 Å². The first-order valence-electron chi connectivity index (χ1n) is 12.5. The SMILES string of the molecule is CC[C@@H](Oc1ccc(C(=O)C2CC2)cc1)c1nc(-c2ccc(C(=O)N[C@H]3CC[C@@H](O)[C@H]3O)c(F)c2)no1. The Balaban J connectivity index is 1.25. The number of ketones is 1. The van der Waals surface area contributed by atoms with Crippen LogP contribution in [-0.2, 0) is 0 Å². The van der Waals surface area contributed by atoms with Crippen molar-refractivity contribution in [3.63, 3.8) is 0 Å². The van der Waals surface area contributed by atoms with Gasteiger partial charge in [-0.25, -0.2) is 4.39 Å². The first-order valence-corrected chi connectivity index (χ1v) is 12.5. The van der Waals surface area contributed by atoms with Gasteiger partial charge in [-0.1, -0.05) is 18.1 Å². The van der Waals surface area contributed by atoms with Gasteiger partial charge in [-0.05, 0) is 68.5 Å². The summed E-state index contributed by atoms with van der Waals surface area (Å²) in [6, 6.07) is 10.3. The highest BCUT2D eigenvalue weighted by Crippen LogP contribution is 2.33. The molecular formula is C27H28FN3O6. The molecule has 2 aliphatic rings. The van der Waals surface area contributed by atoms with E-state index in [-0.39, 0.29) is 29.0 Å². The van der Waals surface area contributed by atoms with Crippen LogP contribution in [0.5, 0.6) is 5.75 Å². The molecule has 2 fully saturated rings. The van der Waals surface area contributed by atoms with Crippen LogP contribution in [0.3, 0.4) is 0 Å². The second kappa shape index (κ2) is 10.4. The highest BCUT2D eigenvalue weighted by molar-refractivity contribution is 5.99. The van der Waals surface area contributed by atoms with Crippen molar-refractivity contribution in [1.82, 2.24) is 15.5 Å².